The normalized spacial score (nSPS) is 13.6. The number of allylic oxidation sites excluding steroid dienone is 1. The first-order valence-corrected chi connectivity index (χ1v) is 4.52. The molecule has 0 heterocycles. The molecule has 65 valence electrons. The van der Waals surface area contributed by atoms with Crippen LogP contribution in [0.5, 0.6) is 0 Å². The second-order valence-electron chi connectivity index (χ2n) is 3.36. The maximum Gasteiger partial charge on any atom is 0.186 e. The molecule has 0 aliphatic heterocycles. The SMILES string of the molecule is O=C1C=Cc2cccc3[c]ccc1c23. The van der Waals surface area contributed by atoms with Crippen molar-refractivity contribution in [1.82, 2.24) is 0 Å². The van der Waals surface area contributed by atoms with E-state index in [-0.39, 0.29) is 5.78 Å². The molecule has 1 aliphatic carbocycles. The van der Waals surface area contributed by atoms with Gasteiger partial charge in [-0.05, 0) is 29.2 Å². The Labute approximate surface area is 81.7 Å². The summed E-state index contributed by atoms with van der Waals surface area (Å²) >= 11 is 0. The van der Waals surface area contributed by atoms with Crippen LogP contribution < -0.4 is 0 Å². The van der Waals surface area contributed by atoms with Gasteiger partial charge in [0, 0.05) is 10.9 Å². The standard InChI is InChI=1S/C13H7O/c14-12-8-7-10-4-1-3-9-5-2-6-11(12)13(9)10/h1-4,6-8H. The molecule has 0 spiro atoms. The predicted octanol–water partition coefficient (Wildman–Crippen LogP) is 2.85. The summed E-state index contributed by atoms with van der Waals surface area (Å²) in [7, 11) is 0. The maximum absolute atomic E-state index is 11.6. The van der Waals surface area contributed by atoms with Crippen molar-refractivity contribution in [3.63, 3.8) is 0 Å². The third-order valence-electron chi connectivity index (χ3n) is 2.53. The van der Waals surface area contributed by atoms with Gasteiger partial charge in [-0.15, -0.1) is 0 Å². The molecule has 2 aromatic carbocycles. The van der Waals surface area contributed by atoms with Crippen molar-refractivity contribution in [1.29, 1.82) is 0 Å². The van der Waals surface area contributed by atoms with Crippen molar-refractivity contribution in [2.45, 2.75) is 0 Å². The molecular formula is C13H7O. The number of hydrogen-bond donors (Lipinski definition) is 0. The topological polar surface area (TPSA) is 17.1 Å². The molecule has 1 nitrogen and oxygen atoms in total. The summed E-state index contributed by atoms with van der Waals surface area (Å²) in [5.41, 5.74) is 1.89. The Morgan fingerprint density at radius 1 is 1.07 bits per heavy atom. The van der Waals surface area contributed by atoms with Gasteiger partial charge in [0.2, 0.25) is 0 Å². The van der Waals surface area contributed by atoms with Gasteiger partial charge in [-0.1, -0.05) is 30.3 Å². The van der Waals surface area contributed by atoms with Gasteiger partial charge >= 0.3 is 0 Å². The van der Waals surface area contributed by atoms with Crippen LogP contribution in [0.15, 0.2) is 36.4 Å². The van der Waals surface area contributed by atoms with Crippen molar-refractivity contribution < 1.29 is 4.79 Å². The van der Waals surface area contributed by atoms with Gasteiger partial charge in [0.1, 0.15) is 0 Å². The first-order chi connectivity index (χ1) is 6.86. The molecule has 0 atom stereocenters. The van der Waals surface area contributed by atoms with Crippen LogP contribution in [-0.2, 0) is 0 Å². The number of carbonyl (C=O) groups excluding carboxylic acids is 1. The molecule has 0 saturated heterocycles. The van der Waals surface area contributed by atoms with Crippen LogP contribution in [0, 0.1) is 6.07 Å². The van der Waals surface area contributed by atoms with Crippen LogP contribution in [-0.4, -0.2) is 5.78 Å². The predicted molar refractivity (Wildman–Crippen MR) is 56.1 cm³/mol. The Morgan fingerprint density at radius 3 is 2.93 bits per heavy atom. The Kier molecular flexibility index (Phi) is 1.37. The fourth-order valence-electron chi connectivity index (χ4n) is 1.89. The van der Waals surface area contributed by atoms with E-state index < -0.39 is 0 Å². The summed E-state index contributed by atoms with van der Waals surface area (Å²) in [6.45, 7) is 0. The minimum Gasteiger partial charge on any atom is -0.289 e. The van der Waals surface area contributed by atoms with Crippen molar-refractivity contribution in [2.75, 3.05) is 0 Å². The first-order valence-electron chi connectivity index (χ1n) is 4.52. The lowest BCUT2D eigenvalue weighted by Crippen LogP contribution is -2.00. The molecule has 1 heteroatoms. The second-order valence-corrected chi connectivity index (χ2v) is 3.36. The van der Waals surface area contributed by atoms with E-state index in [9.17, 15) is 4.79 Å². The lowest BCUT2D eigenvalue weighted by atomic mass is 9.92. The highest BCUT2D eigenvalue weighted by Crippen LogP contribution is 2.27. The zero-order chi connectivity index (χ0) is 9.54. The van der Waals surface area contributed by atoms with Gasteiger partial charge in [-0.25, -0.2) is 0 Å². The van der Waals surface area contributed by atoms with E-state index in [1.165, 1.54) is 0 Å². The number of benzene rings is 2. The van der Waals surface area contributed by atoms with E-state index in [1.807, 2.05) is 30.3 Å². The molecular weight excluding hydrogens is 172 g/mol. The second kappa shape index (κ2) is 2.55. The Hall–Kier alpha value is -1.89. The van der Waals surface area contributed by atoms with Gasteiger partial charge in [-0.3, -0.25) is 4.79 Å². The highest BCUT2D eigenvalue weighted by atomic mass is 16.1. The van der Waals surface area contributed by atoms with Crippen LogP contribution in [0.25, 0.3) is 16.8 Å². The van der Waals surface area contributed by atoms with Gasteiger partial charge in [0.05, 0.1) is 0 Å². The van der Waals surface area contributed by atoms with E-state index in [0.717, 1.165) is 21.9 Å². The maximum atomic E-state index is 11.6. The largest absolute Gasteiger partial charge is 0.289 e. The van der Waals surface area contributed by atoms with E-state index in [4.69, 9.17) is 0 Å². The van der Waals surface area contributed by atoms with Crippen LogP contribution in [0.3, 0.4) is 0 Å². The highest BCUT2D eigenvalue weighted by Gasteiger charge is 2.13. The molecule has 0 unspecified atom stereocenters. The van der Waals surface area contributed by atoms with E-state index in [1.54, 1.807) is 12.1 Å². The molecule has 0 N–H and O–H groups in total. The van der Waals surface area contributed by atoms with Crippen LogP contribution >= 0.6 is 0 Å². The lowest BCUT2D eigenvalue weighted by molar-refractivity contribution is 0.104. The smallest absolute Gasteiger partial charge is 0.186 e. The third kappa shape index (κ3) is 0.867. The third-order valence-corrected chi connectivity index (χ3v) is 2.53. The molecule has 0 fully saturated rings. The van der Waals surface area contributed by atoms with E-state index in [0.29, 0.717) is 0 Å². The average molecular weight is 179 g/mol. The van der Waals surface area contributed by atoms with Crippen molar-refractivity contribution in [3.8, 4) is 0 Å². The van der Waals surface area contributed by atoms with Gasteiger partial charge in [0.25, 0.3) is 0 Å². The van der Waals surface area contributed by atoms with Gasteiger partial charge in [0.15, 0.2) is 5.78 Å². The van der Waals surface area contributed by atoms with E-state index >= 15 is 0 Å². The van der Waals surface area contributed by atoms with Crippen LogP contribution in [0.4, 0.5) is 0 Å². The minimum absolute atomic E-state index is 0.0858. The fraction of sp³-hybridized carbons (Fsp3) is 0. The van der Waals surface area contributed by atoms with Crippen LogP contribution in [0.2, 0.25) is 0 Å². The van der Waals surface area contributed by atoms with Crippen molar-refractivity contribution in [2.24, 2.45) is 0 Å². The molecule has 1 aliphatic rings. The summed E-state index contributed by atoms with van der Waals surface area (Å²) in [5, 5.41) is 2.04. The summed E-state index contributed by atoms with van der Waals surface area (Å²) in [6, 6.07) is 12.8. The minimum atomic E-state index is 0.0858. The summed E-state index contributed by atoms with van der Waals surface area (Å²) in [6.07, 6.45) is 3.49. The summed E-state index contributed by atoms with van der Waals surface area (Å²) < 4.78 is 0. The van der Waals surface area contributed by atoms with Crippen molar-refractivity contribution >= 4 is 22.6 Å². The molecule has 0 aromatic heterocycles. The summed E-state index contributed by atoms with van der Waals surface area (Å²) in [4.78, 5) is 11.6. The first kappa shape index (κ1) is 7.51. The molecule has 0 amide bonds. The highest BCUT2D eigenvalue weighted by molar-refractivity contribution is 6.19. The lowest BCUT2D eigenvalue weighted by Gasteiger charge is -2.10. The molecule has 14 heavy (non-hydrogen) atoms. The molecule has 3 rings (SSSR count). The van der Waals surface area contributed by atoms with E-state index in [2.05, 4.69) is 6.07 Å². The number of hydrogen-bond acceptors (Lipinski definition) is 1. The number of carbonyl (C=O) groups is 1. The molecule has 0 saturated carbocycles. The Morgan fingerprint density at radius 2 is 2.00 bits per heavy atom. The van der Waals surface area contributed by atoms with Gasteiger partial charge in [-0.2, -0.15) is 0 Å². The molecule has 0 bridgehead atoms. The molecule has 1 radical (unpaired) electrons. The van der Waals surface area contributed by atoms with Crippen molar-refractivity contribution in [3.05, 3.63) is 53.6 Å². The summed E-state index contributed by atoms with van der Waals surface area (Å²) in [5.74, 6) is 0.0858. The zero-order valence-corrected chi connectivity index (χ0v) is 7.45. The molecule has 2 aromatic rings. The zero-order valence-electron chi connectivity index (χ0n) is 7.45. The number of ketones is 1. The average Bonchev–Trinajstić information content (AvgIpc) is 2.24. The quantitative estimate of drug-likeness (QED) is 0.607. The van der Waals surface area contributed by atoms with Gasteiger partial charge < -0.3 is 0 Å². The monoisotopic (exact) mass is 179 g/mol. The number of rotatable bonds is 0. The Bertz CT molecular complexity index is 559. The van der Waals surface area contributed by atoms with Crippen LogP contribution in [0.1, 0.15) is 15.9 Å². The fourth-order valence-corrected chi connectivity index (χ4v) is 1.89. The Balaban J connectivity index is 2.58.